The number of imide groups is 1. The van der Waals surface area contributed by atoms with Gasteiger partial charge in [-0.25, -0.2) is 18.1 Å². The molecule has 2 aromatic carbocycles. The Bertz CT molecular complexity index is 1120. The Morgan fingerprint density at radius 2 is 1.62 bits per heavy atom. The molecule has 0 bridgehead atoms. The Labute approximate surface area is 167 Å². The summed E-state index contributed by atoms with van der Waals surface area (Å²) in [5.41, 5.74) is -0.0124. The fourth-order valence-corrected chi connectivity index (χ4v) is 3.95. The van der Waals surface area contributed by atoms with Crippen molar-refractivity contribution in [3.05, 3.63) is 94.5 Å². The second kappa shape index (κ2) is 7.63. The number of furan rings is 1. The summed E-state index contributed by atoms with van der Waals surface area (Å²) in [4.78, 5) is 26.8. The second-order valence-electron chi connectivity index (χ2n) is 6.12. The Kier molecular flexibility index (Phi) is 5.02. The van der Waals surface area contributed by atoms with Crippen LogP contribution in [-0.2, 0) is 15.3 Å². The van der Waals surface area contributed by atoms with Gasteiger partial charge in [0.15, 0.2) is 0 Å². The third-order valence-corrected chi connectivity index (χ3v) is 5.36. The zero-order chi connectivity index (χ0) is 20.5. The molecule has 0 fully saturated rings. The van der Waals surface area contributed by atoms with E-state index in [1.54, 1.807) is 12.1 Å². The van der Waals surface area contributed by atoms with Gasteiger partial charge in [-0.1, -0.05) is 12.1 Å². The van der Waals surface area contributed by atoms with Crippen LogP contribution in [0.3, 0.4) is 0 Å². The van der Waals surface area contributed by atoms with Crippen molar-refractivity contribution in [2.24, 2.45) is 0 Å². The molecule has 2 amide bonds. The average Bonchev–Trinajstić information content (AvgIpc) is 3.28. The Morgan fingerprint density at radius 3 is 2.28 bits per heavy atom. The minimum absolute atomic E-state index is 0.0234. The lowest BCUT2D eigenvalue weighted by Crippen LogP contribution is -2.32. The molecule has 1 aromatic heterocycles. The van der Waals surface area contributed by atoms with Crippen molar-refractivity contribution in [2.45, 2.75) is 5.75 Å². The fourth-order valence-electron chi connectivity index (χ4n) is 2.93. The normalized spacial score (nSPS) is 14.2. The van der Waals surface area contributed by atoms with Crippen LogP contribution in [0, 0.1) is 17.5 Å². The molecule has 2 heterocycles. The molecule has 0 unspecified atom stereocenters. The molecule has 4 nitrogen and oxygen atoms in total. The molecule has 8 heteroatoms. The van der Waals surface area contributed by atoms with Gasteiger partial charge in [-0.05, 0) is 42.0 Å². The molecule has 0 N–H and O–H groups in total. The van der Waals surface area contributed by atoms with Crippen LogP contribution in [0.5, 0.6) is 0 Å². The van der Waals surface area contributed by atoms with Crippen LogP contribution in [0.25, 0.3) is 5.57 Å². The van der Waals surface area contributed by atoms with Crippen molar-refractivity contribution < 1.29 is 27.2 Å². The van der Waals surface area contributed by atoms with Gasteiger partial charge in [-0.15, -0.1) is 11.8 Å². The van der Waals surface area contributed by atoms with Crippen molar-refractivity contribution in [3.8, 4) is 0 Å². The lowest BCUT2D eigenvalue weighted by atomic mass is 10.1. The zero-order valence-electron chi connectivity index (χ0n) is 14.7. The topological polar surface area (TPSA) is 50.5 Å². The number of thioether (sulfide) groups is 1. The first-order chi connectivity index (χ1) is 14.0. The number of carbonyl (C=O) groups is 2. The van der Waals surface area contributed by atoms with Crippen molar-refractivity contribution in [1.29, 1.82) is 0 Å². The largest absolute Gasteiger partial charge is 0.468 e. The molecular weight excluding hydrogens is 403 g/mol. The molecular formula is C21H12F3NO3S. The number of halogens is 3. The van der Waals surface area contributed by atoms with E-state index < -0.39 is 29.3 Å². The fraction of sp³-hybridized carbons (Fsp3) is 0.0476. The zero-order valence-corrected chi connectivity index (χ0v) is 15.5. The number of hydrogen-bond donors (Lipinski definition) is 0. The highest BCUT2D eigenvalue weighted by Gasteiger charge is 2.41. The van der Waals surface area contributed by atoms with Gasteiger partial charge in [-0.2, -0.15) is 0 Å². The van der Waals surface area contributed by atoms with E-state index in [0.717, 1.165) is 36.0 Å². The minimum atomic E-state index is -1.04. The van der Waals surface area contributed by atoms with Gasteiger partial charge >= 0.3 is 0 Å². The first-order valence-corrected chi connectivity index (χ1v) is 9.43. The Hall–Kier alpha value is -3.26. The van der Waals surface area contributed by atoms with Crippen LogP contribution in [0.1, 0.15) is 11.3 Å². The van der Waals surface area contributed by atoms with Crippen LogP contribution in [0.4, 0.5) is 18.9 Å². The van der Waals surface area contributed by atoms with Gasteiger partial charge in [0.25, 0.3) is 11.8 Å². The third kappa shape index (κ3) is 3.58. The predicted molar refractivity (Wildman–Crippen MR) is 102 cm³/mol. The first kappa shape index (κ1) is 19.1. The standard InChI is InChI=1S/C21H12F3NO3S/c22-13-5-3-12(4-6-13)18-19(29-11-15-2-1-9-28-15)21(27)25(20(18)26)17-8-7-14(23)10-16(17)24/h1-10H,11H2. The van der Waals surface area contributed by atoms with E-state index in [4.69, 9.17) is 4.42 Å². The predicted octanol–water partition coefficient (Wildman–Crippen LogP) is 4.91. The van der Waals surface area contributed by atoms with E-state index >= 15 is 0 Å². The van der Waals surface area contributed by atoms with Crippen LogP contribution < -0.4 is 4.90 Å². The van der Waals surface area contributed by atoms with Crippen LogP contribution in [0.2, 0.25) is 0 Å². The minimum Gasteiger partial charge on any atom is -0.468 e. The quantitative estimate of drug-likeness (QED) is 0.556. The maximum absolute atomic E-state index is 14.3. The monoisotopic (exact) mass is 415 g/mol. The number of nitrogens with zero attached hydrogens (tertiary/aromatic N) is 1. The van der Waals surface area contributed by atoms with Crippen LogP contribution in [0.15, 0.2) is 70.2 Å². The molecule has 3 aromatic rings. The van der Waals surface area contributed by atoms with E-state index in [-0.39, 0.29) is 21.9 Å². The van der Waals surface area contributed by atoms with E-state index in [9.17, 15) is 22.8 Å². The van der Waals surface area contributed by atoms with Gasteiger partial charge in [0.2, 0.25) is 0 Å². The summed E-state index contributed by atoms with van der Waals surface area (Å²) in [7, 11) is 0. The number of benzene rings is 2. The summed E-state index contributed by atoms with van der Waals surface area (Å²) in [6.45, 7) is 0. The molecule has 29 heavy (non-hydrogen) atoms. The first-order valence-electron chi connectivity index (χ1n) is 8.45. The number of anilines is 1. The number of rotatable bonds is 5. The lowest BCUT2D eigenvalue weighted by molar-refractivity contribution is -0.119. The summed E-state index contributed by atoms with van der Waals surface area (Å²) >= 11 is 1.05. The number of amides is 2. The van der Waals surface area contributed by atoms with Crippen molar-refractivity contribution >= 4 is 34.8 Å². The van der Waals surface area contributed by atoms with E-state index in [1.807, 2.05) is 0 Å². The Morgan fingerprint density at radius 1 is 0.897 bits per heavy atom. The molecule has 0 saturated heterocycles. The maximum atomic E-state index is 14.3. The van der Waals surface area contributed by atoms with Gasteiger partial charge in [-0.3, -0.25) is 9.59 Å². The average molecular weight is 415 g/mol. The van der Waals surface area contributed by atoms with Gasteiger partial charge in [0.1, 0.15) is 23.2 Å². The van der Waals surface area contributed by atoms with E-state index in [0.29, 0.717) is 22.3 Å². The van der Waals surface area contributed by atoms with E-state index in [1.165, 1.54) is 18.4 Å². The van der Waals surface area contributed by atoms with Crippen LogP contribution in [-0.4, -0.2) is 11.8 Å². The molecule has 1 aliphatic heterocycles. The molecule has 0 radical (unpaired) electrons. The maximum Gasteiger partial charge on any atom is 0.272 e. The van der Waals surface area contributed by atoms with Crippen molar-refractivity contribution in [1.82, 2.24) is 0 Å². The molecule has 0 atom stereocenters. The van der Waals surface area contributed by atoms with E-state index in [2.05, 4.69) is 0 Å². The highest BCUT2D eigenvalue weighted by molar-refractivity contribution is 8.03. The molecule has 1 aliphatic rings. The Balaban J connectivity index is 1.77. The number of carbonyl (C=O) groups excluding carboxylic acids is 2. The van der Waals surface area contributed by atoms with Gasteiger partial charge in [0, 0.05) is 6.07 Å². The summed E-state index contributed by atoms with van der Waals surface area (Å²) in [5, 5.41) is 0. The molecule has 4 rings (SSSR count). The second-order valence-corrected chi connectivity index (χ2v) is 7.11. The highest BCUT2D eigenvalue weighted by Crippen LogP contribution is 2.40. The SMILES string of the molecule is O=C1C(SCc2ccco2)=C(c2ccc(F)cc2)C(=O)N1c1ccc(F)cc1F. The molecule has 0 saturated carbocycles. The number of hydrogen-bond acceptors (Lipinski definition) is 4. The molecule has 0 aliphatic carbocycles. The van der Waals surface area contributed by atoms with Crippen molar-refractivity contribution in [2.75, 3.05) is 4.90 Å². The van der Waals surface area contributed by atoms with Gasteiger partial charge in [0.05, 0.1) is 28.2 Å². The summed E-state index contributed by atoms with van der Waals surface area (Å²) in [5.74, 6) is -3.05. The highest BCUT2D eigenvalue weighted by atomic mass is 32.2. The van der Waals surface area contributed by atoms with Crippen molar-refractivity contribution in [3.63, 3.8) is 0 Å². The van der Waals surface area contributed by atoms with Gasteiger partial charge < -0.3 is 4.42 Å². The molecule has 146 valence electrons. The van der Waals surface area contributed by atoms with Crippen LogP contribution >= 0.6 is 11.8 Å². The molecule has 0 spiro atoms. The smallest absolute Gasteiger partial charge is 0.272 e. The summed E-state index contributed by atoms with van der Waals surface area (Å²) < 4.78 is 46.1. The lowest BCUT2D eigenvalue weighted by Gasteiger charge is -2.16. The third-order valence-electron chi connectivity index (χ3n) is 4.26. The summed E-state index contributed by atoms with van der Waals surface area (Å²) in [6, 6.07) is 11.1. The summed E-state index contributed by atoms with van der Waals surface area (Å²) in [6.07, 6.45) is 1.48.